The van der Waals surface area contributed by atoms with Crippen LogP contribution in [0.4, 0.5) is 4.39 Å². The van der Waals surface area contributed by atoms with E-state index in [1.807, 2.05) is 6.07 Å². The Kier molecular flexibility index (Phi) is 4.57. The molecule has 0 bridgehead atoms. The lowest BCUT2D eigenvalue weighted by Gasteiger charge is -2.00. The van der Waals surface area contributed by atoms with E-state index in [2.05, 4.69) is 10.2 Å². The monoisotopic (exact) mass is 331 g/mol. The summed E-state index contributed by atoms with van der Waals surface area (Å²) in [7, 11) is 1.70. The van der Waals surface area contributed by atoms with Gasteiger partial charge in [-0.1, -0.05) is 23.9 Å². The Morgan fingerprint density at radius 3 is 2.87 bits per heavy atom. The lowest BCUT2D eigenvalue weighted by atomic mass is 10.1. The molecule has 0 atom stereocenters. The summed E-state index contributed by atoms with van der Waals surface area (Å²) in [5.74, 6) is 0.710. The minimum absolute atomic E-state index is 0.0552. The van der Waals surface area contributed by atoms with Gasteiger partial charge in [0.25, 0.3) is 10.8 Å². The highest BCUT2D eigenvalue weighted by molar-refractivity contribution is 7.98. The van der Waals surface area contributed by atoms with Gasteiger partial charge in [0.15, 0.2) is 0 Å². The molecule has 7 heteroatoms. The summed E-state index contributed by atoms with van der Waals surface area (Å²) in [5, 5.41) is 8.35. The van der Waals surface area contributed by atoms with Gasteiger partial charge < -0.3 is 8.98 Å². The molecule has 0 saturated carbocycles. The maximum Gasteiger partial charge on any atom is 0.276 e. The third-order valence-corrected chi connectivity index (χ3v) is 4.11. The zero-order chi connectivity index (χ0) is 16.2. The van der Waals surface area contributed by atoms with Gasteiger partial charge in [-0.2, -0.15) is 0 Å². The van der Waals surface area contributed by atoms with Gasteiger partial charge in [0.2, 0.25) is 5.89 Å². The third-order valence-electron chi connectivity index (χ3n) is 3.22. The number of thioether (sulfide) groups is 1. The lowest BCUT2D eigenvalue weighted by molar-refractivity contribution is 0.420. The van der Waals surface area contributed by atoms with Crippen molar-refractivity contribution in [3.05, 3.63) is 75.8 Å². The molecule has 23 heavy (non-hydrogen) atoms. The van der Waals surface area contributed by atoms with Crippen molar-refractivity contribution in [1.82, 2.24) is 14.8 Å². The average molecular weight is 331 g/mol. The summed E-state index contributed by atoms with van der Waals surface area (Å²) in [6.45, 7) is 0. The van der Waals surface area contributed by atoms with Gasteiger partial charge in [-0.25, -0.2) is 4.39 Å². The number of halogens is 1. The molecule has 1 aromatic carbocycles. The van der Waals surface area contributed by atoms with Gasteiger partial charge in [0, 0.05) is 25.1 Å². The molecule has 0 aliphatic heterocycles. The molecule has 0 amide bonds. The number of aromatic nitrogens is 3. The van der Waals surface area contributed by atoms with E-state index in [-0.39, 0.29) is 11.4 Å². The number of benzene rings is 1. The molecule has 0 N–H and O–H groups in total. The molecular weight excluding hydrogens is 317 g/mol. The first-order chi connectivity index (χ1) is 11.1. The van der Waals surface area contributed by atoms with E-state index in [1.165, 1.54) is 28.5 Å². The number of nitrogens with zero attached hydrogens (tertiary/aromatic N) is 3. The lowest BCUT2D eigenvalue weighted by Crippen LogP contribution is -2.14. The van der Waals surface area contributed by atoms with Gasteiger partial charge in [-0.3, -0.25) is 4.79 Å². The smallest absolute Gasteiger partial charge is 0.276 e. The summed E-state index contributed by atoms with van der Waals surface area (Å²) < 4.78 is 20.2. The highest BCUT2D eigenvalue weighted by Crippen LogP contribution is 2.21. The molecule has 2 heterocycles. The number of pyridine rings is 1. The van der Waals surface area contributed by atoms with Gasteiger partial charge in [0.05, 0.1) is 6.42 Å². The van der Waals surface area contributed by atoms with Crippen LogP contribution < -0.4 is 5.56 Å². The Hall–Kier alpha value is -2.41. The summed E-state index contributed by atoms with van der Waals surface area (Å²) in [4.78, 5) is 11.6. The van der Waals surface area contributed by atoms with Crippen LogP contribution in [0.2, 0.25) is 0 Å². The molecule has 3 rings (SSSR count). The van der Waals surface area contributed by atoms with Gasteiger partial charge in [0.1, 0.15) is 5.82 Å². The van der Waals surface area contributed by atoms with Crippen LogP contribution >= 0.6 is 11.8 Å². The van der Waals surface area contributed by atoms with Crippen LogP contribution in [0.5, 0.6) is 0 Å². The van der Waals surface area contributed by atoms with Crippen LogP contribution in [0, 0.1) is 5.82 Å². The van der Waals surface area contributed by atoms with Crippen LogP contribution in [-0.2, 0) is 19.2 Å². The van der Waals surface area contributed by atoms with Crippen LogP contribution in [0.1, 0.15) is 17.0 Å². The van der Waals surface area contributed by atoms with Crippen molar-refractivity contribution in [3.8, 4) is 0 Å². The van der Waals surface area contributed by atoms with Gasteiger partial charge >= 0.3 is 0 Å². The highest BCUT2D eigenvalue weighted by atomic mass is 32.2. The van der Waals surface area contributed by atoms with Crippen molar-refractivity contribution >= 4 is 11.8 Å². The largest absolute Gasteiger partial charge is 0.416 e. The van der Waals surface area contributed by atoms with E-state index in [4.69, 9.17) is 4.42 Å². The summed E-state index contributed by atoms with van der Waals surface area (Å²) >= 11 is 1.36. The second-order valence-electron chi connectivity index (χ2n) is 5.04. The molecule has 118 valence electrons. The summed E-state index contributed by atoms with van der Waals surface area (Å²) in [6.07, 6.45) is 2.11. The SMILES string of the molecule is Cn1ccc(CSc2nnc(Cc3cccc(F)c3)o2)cc1=O. The molecule has 0 aliphatic rings. The average Bonchev–Trinajstić information content (AvgIpc) is 2.96. The third kappa shape index (κ3) is 4.07. The second-order valence-corrected chi connectivity index (χ2v) is 5.97. The molecule has 0 fully saturated rings. The first-order valence-corrected chi connectivity index (χ1v) is 7.94. The quantitative estimate of drug-likeness (QED) is 0.673. The fourth-order valence-electron chi connectivity index (χ4n) is 2.01. The minimum atomic E-state index is -0.290. The molecule has 3 aromatic rings. The number of hydrogen-bond acceptors (Lipinski definition) is 5. The summed E-state index contributed by atoms with van der Waals surface area (Å²) in [5.41, 5.74) is 1.61. The summed E-state index contributed by atoms with van der Waals surface area (Å²) in [6, 6.07) is 9.74. The normalized spacial score (nSPS) is 10.9. The first kappa shape index (κ1) is 15.5. The van der Waals surface area contributed by atoms with Gasteiger partial charge in [-0.15, -0.1) is 10.2 Å². The molecule has 0 aliphatic carbocycles. The highest BCUT2D eigenvalue weighted by Gasteiger charge is 2.09. The Morgan fingerprint density at radius 1 is 1.22 bits per heavy atom. The minimum Gasteiger partial charge on any atom is -0.416 e. The predicted molar refractivity (Wildman–Crippen MR) is 84.7 cm³/mol. The van der Waals surface area contributed by atoms with Crippen molar-refractivity contribution < 1.29 is 8.81 Å². The molecule has 0 unspecified atom stereocenters. The Morgan fingerprint density at radius 2 is 2.09 bits per heavy atom. The topological polar surface area (TPSA) is 60.9 Å². The van der Waals surface area contributed by atoms with Crippen molar-refractivity contribution in [3.63, 3.8) is 0 Å². The van der Waals surface area contributed by atoms with Crippen molar-refractivity contribution in [1.29, 1.82) is 0 Å². The zero-order valence-corrected chi connectivity index (χ0v) is 13.2. The fourth-order valence-corrected chi connectivity index (χ4v) is 2.74. The Labute approximate surface area is 136 Å². The zero-order valence-electron chi connectivity index (χ0n) is 12.4. The van der Waals surface area contributed by atoms with E-state index in [1.54, 1.807) is 31.4 Å². The van der Waals surface area contributed by atoms with E-state index < -0.39 is 0 Å². The second kappa shape index (κ2) is 6.78. The Bertz CT molecular complexity index is 876. The molecule has 2 aromatic heterocycles. The van der Waals surface area contributed by atoms with Crippen LogP contribution in [0.15, 0.2) is 57.0 Å². The molecule has 0 saturated heterocycles. The fraction of sp³-hybridized carbons (Fsp3) is 0.188. The molecule has 5 nitrogen and oxygen atoms in total. The molecule has 0 radical (unpaired) electrons. The maximum absolute atomic E-state index is 13.1. The first-order valence-electron chi connectivity index (χ1n) is 6.95. The maximum atomic E-state index is 13.1. The van der Waals surface area contributed by atoms with Crippen molar-refractivity contribution in [2.45, 2.75) is 17.4 Å². The van der Waals surface area contributed by atoms with E-state index in [0.29, 0.717) is 23.3 Å². The standard InChI is InChI=1S/C16H14FN3O2S/c1-20-6-5-12(9-15(20)21)10-23-16-19-18-14(22-16)8-11-3-2-4-13(17)7-11/h2-7,9H,8,10H2,1H3. The van der Waals surface area contributed by atoms with Crippen LogP contribution in [-0.4, -0.2) is 14.8 Å². The molecular formula is C16H14FN3O2S. The van der Waals surface area contributed by atoms with E-state index in [9.17, 15) is 9.18 Å². The number of hydrogen-bond donors (Lipinski definition) is 0. The predicted octanol–water partition coefficient (Wildman–Crippen LogP) is 2.79. The number of aryl methyl sites for hydroxylation is 1. The van der Waals surface area contributed by atoms with Crippen LogP contribution in [0.25, 0.3) is 0 Å². The molecule has 0 spiro atoms. The van der Waals surface area contributed by atoms with Crippen molar-refractivity contribution in [2.75, 3.05) is 0 Å². The Balaban J connectivity index is 1.63. The van der Waals surface area contributed by atoms with Crippen molar-refractivity contribution in [2.24, 2.45) is 7.05 Å². The van der Waals surface area contributed by atoms with Crippen LogP contribution in [0.3, 0.4) is 0 Å². The van der Waals surface area contributed by atoms with Gasteiger partial charge in [-0.05, 0) is 29.3 Å². The number of rotatable bonds is 5. The van der Waals surface area contributed by atoms with E-state index >= 15 is 0 Å². The van der Waals surface area contributed by atoms with E-state index in [0.717, 1.165) is 11.1 Å².